The summed E-state index contributed by atoms with van der Waals surface area (Å²) in [4.78, 5) is 1.40. The van der Waals surface area contributed by atoms with Crippen LogP contribution in [-0.2, 0) is 0 Å². The number of nitrogens with one attached hydrogen (secondary N) is 2. The van der Waals surface area contributed by atoms with Crippen molar-refractivity contribution in [3.63, 3.8) is 0 Å². The van der Waals surface area contributed by atoms with Gasteiger partial charge in [0.25, 0.3) is 0 Å². The zero-order chi connectivity index (χ0) is 31.6. The topological polar surface area (TPSA) is 29.0 Å². The van der Waals surface area contributed by atoms with Crippen LogP contribution in [0.2, 0.25) is 0 Å². The fourth-order valence-corrected chi connectivity index (χ4v) is 9.78. The molecule has 3 nitrogen and oxygen atoms in total. The van der Waals surface area contributed by atoms with E-state index in [-0.39, 0.29) is 12.2 Å². The fourth-order valence-electron chi connectivity index (χ4n) is 8.37. The summed E-state index contributed by atoms with van der Waals surface area (Å²) in [5.41, 5.74) is 10.3. The van der Waals surface area contributed by atoms with E-state index in [1.54, 1.807) is 0 Å². The molecule has 232 valence electrons. The molecule has 5 aromatic carbocycles. The molecule has 0 amide bonds. The van der Waals surface area contributed by atoms with Crippen molar-refractivity contribution in [3.05, 3.63) is 173 Å². The highest BCUT2D eigenvalue weighted by molar-refractivity contribution is 7.20. The van der Waals surface area contributed by atoms with Crippen LogP contribution in [0, 0.1) is 5.92 Å². The van der Waals surface area contributed by atoms with Crippen molar-refractivity contribution in [1.29, 1.82) is 0 Å². The van der Waals surface area contributed by atoms with Crippen LogP contribution >= 0.6 is 11.3 Å². The van der Waals surface area contributed by atoms with Gasteiger partial charge in [0.15, 0.2) is 0 Å². The molecule has 48 heavy (non-hydrogen) atoms. The van der Waals surface area contributed by atoms with Gasteiger partial charge in [-0.2, -0.15) is 0 Å². The number of fused-ring (bicyclic) bond motifs is 8. The first-order valence-corrected chi connectivity index (χ1v) is 17.9. The van der Waals surface area contributed by atoms with Gasteiger partial charge in [-0.15, -0.1) is 11.3 Å². The van der Waals surface area contributed by atoms with E-state index in [9.17, 15) is 0 Å². The molecular weight excluding hydrogens is 603 g/mol. The minimum Gasteiger partial charge on any atom is -0.366 e. The number of thiophene rings is 1. The summed E-state index contributed by atoms with van der Waals surface area (Å²) < 4.78 is 3.85. The van der Waals surface area contributed by atoms with Crippen molar-refractivity contribution >= 4 is 54.5 Å². The molecule has 4 unspecified atom stereocenters. The Morgan fingerprint density at radius 3 is 2.12 bits per heavy atom. The van der Waals surface area contributed by atoms with Crippen LogP contribution in [0.3, 0.4) is 0 Å². The molecule has 4 atom stereocenters. The predicted molar refractivity (Wildman–Crippen MR) is 202 cm³/mol. The molecule has 2 aromatic heterocycles. The standard InChI is InChI=1S/C44H35N3S/c1-3-14-28(15-4-1)36-27-37(29-16-5-2-6-17-29)46-44(45-36)35-26-30-18-7-8-19-31(30)41-34-22-13-25-40(42(34)48-43(35)41)47-38-23-11-9-20-32(38)33-21-10-12-24-39(33)47/h1-6,8-17,19-27,30-31,36,44-46H,7,18H2. The van der Waals surface area contributed by atoms with Gasteiger partial charge >= 0.3 is 0 Å². The van der Waals surface area contributed by atoms with Crippen LogP contribution < -0.4 is 10.6 Å². The Labute approximate surface area is 284 Å². The van der Waals surface area contributed by atoms with Crippen molar-refractivity contribution in [2.75, 3.05) is 0 Å². The van der Waals surface area contributed by atoms with Gasteiger partial charge < -0.3 is 9.88 Å². The van der Waals surface area contributed by atoms with E-state index in [4.69, 9.17) is 0 Å². The average molecular weight is 638 g/mol. The summed E-state index contributed by atoms with van der Waals surface area (Å²) in [6, 6.07) is 46.4. The van der Waals surface area contributed by atoms with E-state index in [1.165, 1.54) is 76.8 Å². The molecule has 4 heteroatoms. The highest BCUT2D eigenvalue weighted by atomic mass is 32.1. The lowest BCUT2D eigenvalue weighted by atomic mass is 9.73. The van der Waals surface area contributed by atoms with Gasteiger partial charge in [-0.1, -0.05) is 127 Å². The van der Waals surface area contributed by atoms with E-state index in [0.717, 1.165) is 6.42 Å². The normalized spacial score (nSPS) is 21.8. The molecule has 0 saturated carbocycles. The molecule has 3 aliphatic rings. The van der Waals surface area contributed by atoms with E-state index in [1.807, 2.05) is 11.3 Å². The molecule has 0 saturated heterocycles. The van der Waals surface area contributed by atoms with Crippen molar-refractivity contribution in [2.24, 2.45) is 5.92 Å². The maximum atomic E-state index is 4.04. The molecule has 0 radical (unpaired) electrons. The monoisotopic (exact) mass is 637 g/mol. The van der Waals surface area contributed by atoms with Gasteiger partial charge in [0.2, 0.25) is 0 Å². The summed E-state index contributed by atoms with van der Waals surface area (Å²) in [7, 11) is 0. The van der Waals surface area contributed by atoms with Gasteiger partial charge in [0.05, 0.1) is 27.5 Å². The third kappa shape index (κ3) is 4.37. The highest BCUT2D eigenvalue weighted by Crippen LogP contribution is 2.52. The average Bonchev–Trinajstić information content (AvgIpc) is 3.72. The van der Waals surface area contributed by atoms with Gasteiger partial charge in [0.1, 0.15) is 6.17 Å². The van der Waals surface area contributed by atoms with E-state index in [0.29, 0.717) is 11.8 Å². The number of aromatic nitrogens is 1. The second-order valence-electron chi connectivity index (χ2n) is 13.3. The van der Waals surface area contributed by atoms with Gasteiger partial charge in [0, 0.05) is 32.8 Å². The van der Waals surface area contributed by atoms with Crippen molar-refractivity contribution in [1.82, 2.24) is 15.2 Å². The number of nitrogens with zero attached hydrogens (tertiary/aromatic N) is 1. The molecular formula is C44H35N3S. The van der Waals surface area contributed by atoms with Crippen LogP contribution in [0.4, 0.5) is 0 Å². The molecule has 2 aliphatic carbocycles. The SMILES string of the molecule is C1=CC2c3c(sc4c(-n5c6ccccc6c6ccccc65)cccc34)C(C3NC(c4ccccc4)=CC(c4ccccc4)N3)=CC2CC1. The fraction of sp³-hybridized carbons (Fsp3) is 0.136. The highest BCUT2D eigenvalue weighted by Gasteiger charge is 2.37. The number of allylic oxidation sites excluding steroid dienone is 3. The Kier molecular flexibility index (Phi) is 6.53. The van der Waals surface area contributed by atoms with E-state index < -0.39 is 0 Å². The molecule has 10 rings (SSSR count). The second kappa shape index (κ2) is 11.2. The number of hydrogen-bond donors (Lipinski definition) is 2. The Morgan fingerprint density at radius 2 is 1.35 bits per heavy atom. The Bertz CT molecular complexity index is 2370. The third-order valence-electron chi connectivity index (χ3n) is 10.5. The predicted octanol–water partition coefficient (Wildman–Crippen LogP) is 10.7. The van der Waals surface area contributed by atoms with Crippen LogP contribution in [0.1, 0.15) is 46.4 Å². The first-order valence-electron chi connectivity index (χ1n) is 17.1. The molecule has 7 aromatic rings. The first-order chi connectivity index (χ1) is 23.8. The molecule has 3 heterocycles. The summed E-state index contributed by atoms with van der Waals surface area (Å²) in [6.45, 7) is 0. The zero-order valence-corrected chi connectivity index (χ0v) is 27.3. The first kappa shape index (κ1) is 27.9. The van der Waals surface area contributed by atoms with Crippen molar-refractivity contribution in [3.8, 4) is 5.69 Å². The molecule has 1 aliphatic heterocycles. The minimum absolute atomic E-state index is 0.0363. The number of benzene rings is 5. The number of hydrogen-bond acceptors (Lipinski definition) is 3. The van der Waals surface area contributed by atoms with Crippen molar-refractivity contribution in [2.45, 2.75) is 31.0 Å². The lowest BCUT2D eigenvalue weighted by Crippen LogP contribution is -2.47. The van der Waals surface area contributed by atoms with Crippen LogP contribution in [0.15, 0.2) is 152 Å². The van der Waals surface area contributed by atoms with E-state index in [2.05, 4.69) is 167 Å². The van der Waals surface area contributed by atoms with Crippen LogP contribution in [-0.4, -0.2) is 10.7 Å². The zero-order valence-electron chi connectivity index (χ0n) is 26.5. The van der Waals surface area contributed by atoms with Crippen molar-refractivity contribution < 1.29 is 0 Å². The van der Waals surface area contributed by atoms with Gasteiger partial charge in [-0.05, 0) is 65.1 Å². The lowest BCUT2D eigenvalue weighted by molar-refractivity contribution is 0.483. The smallest absolute Gasteiger partial charge is 0.105 e. The van der Waals surface area contributed by atoms with Gasteiger partial charge in [-0.25, -0.2) is 0 Å². The Balaban J connectivity index is 1.18. The Morgan fingerprint density at radius 1 is 0.667 bits per heavy atom. The van der Waals surface area contributed by atoms with E-state index >= 15 is 0 Å². The van der Waals surface area contributed by atoms with Crippen LogP contribution in [0.25, 0.3) is 48.8 Å². The molecule has 0 bridgehead atoms. The quantitative estimate of drug-likeness (QED) is 0.188. The lowest BCUT2D eigenvalue weighted by Gasteiger charge is -2.38. The Hall–Kier alpha value is -5.16. The molecule has 2 N–H and O–H groups in total. The maximum absolute atomic E-state index is 4.04. The van der Waals surface area contributed by atoms with Gasteiger partial charge in [-0.3, -0.25) is 5.32 Å². The molecule has 0 fully saturated rings. The second-order valence-corrected chi connectivity index (χ2v) is 14.3. The number of rotatable bonds is 4. The summed E-state index contributed by atoms with van der Waals surface area (Å²) in [5, 5.41) is 12.0. The third-order valence-corrected chi connectivity index (χ3v) is 11.8. The summed E-state index contributed by atoms with van der Waals surface area (Å²) in [5.74, 6) is 0.856. The largest absolute Gasteiger partial charge is 0.366 e. The van der Waals surface area contributed by atoms with Crippen LogP contribution in [0.5, 0.6) is 0 Å². The molecule has 0 spiro atoms. The maximum Gasteiger partial charge on any atom is 0.105 e. The summed E-state index contributed by atoms with van der Waals surface area (Å²) >= 11 is 1.97. The number of para-hydroxylation sites is 2. The summed E-state index contributed by atoms with van der Waals surface area (Å²) in [6.07, 6.45) is 12.1. The minimum atomic E-state index is -0.0363.